The van der Waals surface area contributed by atoms with Crippen molar-refractivity contribution in [2.75, 3.05) is 5.75 Å². The van der Waals surface area contributed by atoms with Gasteiger partial charge in [0.1, 0.15) is 5.76 Å². The summed E-state index contributed by atoms with van der Waals surface area (Å²) in [6, 6.07) is 12.1. The summed E-state index contributed by atoms with van der Waals surface area (Å²) in [6.45, 7) is 6.31. The summed E-state index contributed by atoms with van der Waals surface area (Å²) in [4.78, 5) is 14.1. The van der Waals surface area contributed by atoms with E-state index in [1.165, 1.54) is 5.56 Å². The highest BCUT2D eigenvalue weighted by Gasteiger charge is 2.30. The highest BCUT2D eigenvalue weighted by molar-refractivity contribution is 7.99. The molecule has 0 aliphatic heterocycles. The van der Waals surface area contributed by atoms with E-state index in [0.717, 1.165) is 51.6 Å². The van der Waals surface area contributed by atoms with Crippen LogP contribution in [-0.2, 0) is 17.6 Å². The number of hydrogen-bond donors (Lipinski definition) is 1. The van der Waals surface area contributed by atoms with E-state index >= 15 is 0 Å². The maximum absolute atomic E-state index is 13.1. The van der Waals surface area contributed by atoms with Crippen LogP contribution >= 0.6 is 23.4 Å². The topological polar surface area (TPSA) is 37.3 Å². The number of hydrogen-bond acceptors (Lipinski definition) is 3. The fourth-order valence-corrected chi connectivity index (χ4v) is 5.53. The largest absolute Gasteiger partial charge is 0.512 e. The number of rotatable bonds is 7. The van der Waals surface area contributed by atoms with E-state index in [0.29, 0.717) is 18.4 Å². The predicted octanol–water partition coefficient (Wildman–Crippen LogP) is 7.20. The Balaban J connectivity index is 1.77. The van der Waals surface area contributed by atoms with Gasteiger partial charge in [0.15, 0.2) is 5.78 Å². The van der Waals surface area contributed by atoms with Gasteiger partial charge in [-0.3, -0.25) is 4.79 Å². The predicted molar refractivity (Wildman–Crippen MR) is 124 cm³/mol. The van der Waals surface area contributed by atoms with Crippen molar-refractivity contribution in [1.29, 1.82) is 0 Å². The molecule has 1 unspecified atom stereocenters. The second-order valence-electron chi connectivity index (χ2n) is 7.75. The minimum Gasteiger partial charge on any atom is -0.512 e. The lowest BCUT2D eigenvalue weighted by atomic mass is 9.79. The smallest absolute Gasteiger partial charge is 0.167 e. The molecule has 2 aromatic rings. The molecular formula is C25H29ClO2S. The molecule has 0 saturated carbocycles. The van der Waals surface area contributed by atoms with Crippen molar-refractivity contribution in [3.63, 3.8) is 0 Å². The number of carbonyl (C=O) groups is 1. The number of aliphatic hydroxyl groups excluding tert-OH is 1. The minimum absolute atomic E-state index is 0.0785. The van der Waals surface area contributed by atoms with Crippen LogP contribution in [0, 0.1) is 12.8 Å². The van der Waals surface area contributed by atoms with E-state index in [2.05, 4.69) is 32.9 Å². The van der Waals surface area contributed by atoms with Gasteiger partial charge in [0, 0.05) is 17.7 Å². The third kappa shape index (κ3) is 5.07. The summed E-state index contributed by atoms with van der Waals surface area (Å²) >= 11 is 7.94. The van der Waals surface area contributed by atoms with Crippen LogP contribution in [0.3, 0.4) is 0 Å². The van der Waals surface area contributed by atoms with E-state index in [9.17, 15) is 9.90 Å². The number of halogens is 1. The van der Waals surface area contributed by atoms with Gasteiger partial charge in [-0.1, -0.05) is 55.3 Å². The van der Waals surface area contributed by atoms with Crippen LogP contribution in [0.1, 0.15) is 55.4 Å². The Morgan fingerprint density at radius 3 is 2.34 bits per heavy atom. The van der Waals surface area contributed by atoms with Crippen LogP contribution in [0.2, 0.25) is 5.02 Å². The Morgan fingerprint density at radius 2 is 1.76 bits per heavy atom. The highest BCUT2D eigenvalue weighted by Crippen LogP contribution is 2.38. The van der Waals surface area contributed by atoms with Crippen LogP contribution in [0.4, 0.5) is 0 Å². The molecule has 1 aliphatic rings. The lowest BCUT2D eigenvalue weighted by Crippen LogP contribution is -2.21. The molecule has 0 radical (unpaired) electrons. The number of ketones is 1. The zero-order valence-electron chi connectivity index (χ0n) is 17.4. The van der Waals surface area contributed by atoms with Gasteiger partial charge in [0.05, 0.1) is 10.6 Å². The first kappa shape index (κ1) is 22.0. The average molecular weight is 429 g/mol. The van der Waals surface area contributed by atoms with Crippen LogP contribution in [-0.4, -0.2) is 16.6 Å². The number of carbonyl (C=O) groups excluding carboxylic acids is 1. The van der Waals surface area contributed by atoms with Crippen LogP contribution in [0.5, 0.6) is 0 Å². The molecule has 3 rings (SSSR count). The van der Waals surface area contributed by atoms with Crippen molar-refractivity contribution in [3.05, 3.63) is 69.4 Å². The summed E-state index contributed by atoms with van der Waals surface area (Å²) in [7, 11) is 0. The molecule has 0 saturated heterocycles. The maximum Gasteiger partial charge on any atom is 0.167 e. The summed E-state index contributed by atoms with van der Waals surface area (Å²) in [5.41, 5.74) is 5.06. The normalized spacial score (nSPS) is 17.1. The standard InChI is InChI=1S/C25H29ClO2S/c1-4-18-12-16(3)13-19(5-2)24(18)25-21(27)14-17(15-22(25)28)10-11-29-23-9-7-6-8-20(23)26/h6-9,12-13,17,27H,4-5,10-11,14-15H2,1-3H3. The number of Topliss-reactive ketones (excluding diaryl/α,β-unsaturated/α-hetero) is 1. The first-order chi connectivity index (χ1) is 13.9. The SMILES string of the molecule is CCc1cc(C)cc(CC)c1C1=C(O)CC(CCSc2ccccc2Cl)CC1=O. The van der Waals surface area contributed by atoms with E-state index in [4.69, 9.17) is 11.6 Å². The van der Waals surface area contributed by atoms with E-state index < -0.39 is 0 Å². The Morgan fingerprint density at radius 1 is 1.10 bits per heavy atom. The van der Waals surface area contributed by atoms with Crippen molar-refractivity contribution in [2.24, 2.45) is 5.92 Å². The van der Waals surface area contributed by atoms with Gasteiger partial charge in [0.2, 0.25) is 0 Å². The first-order valence-corrected chi connectivity index (χ1v) is 11.8. The molecule has 0 spiro atoms. The maximum atomic E-state index is 13.1. The Bertz CT molecular complexity index is 907. The van der Waals surface area contributed by atoms with Crippen molar-refractivity contribution in [1.82, 2.24) is 0 Å². The Labute approximate surface area is 183 Å². The average Bonchev–Trinajstić information content (AvgIpc) is 2.69. The summed E-state index contributed by atoms with van der Waals surface area (Å²) in [5, 5.41) is 11.6. The molecule has 0 bridgehead atoms. The Hall–Kier alpha value is -1.71. The van der Waals surface area contributed by atoms with Crippen molar-refractivity contribution < 1.29 is 9.90 Å². The quantitative estimate of drug-likeness (QED) is 0.473. The monoisotopic (exact) mass is 428 g/mol. The second kappa shape index (κ2) is 9.86. The summed E-state index contributed by atoms with van der Waals surface area (Å²) in [6.07, 6.45) is 3.67. The van der Waals surface area contributed by atoms with E-state index in [1.54, 1.807) is 11.8 Å². The van der Waals surface area contributed by atoms with Gasteiger partial charge in [0.25, 0.3) is 0 Å². The molecule has 0 heterocycles. The van der Waals surface area contributed by atoms with Gasteiger partial charge >= 0.3 is 0 Å². The third-order valence-electron chi connectivity index (χ3n) is 5.60. The number of thioether (sulfide) groups is 1. The molecule has 0 fully saturated rings. The van der Waals surface area contributed by atoms with Crippen molar-refractivity contribution in [2.45, 2.75) is 57.8 Å². The number of allylic oxidation sites excluding steroid dienone is 2. The molecule has 1 aliphatic carbocycles. The van der Waals surface area contributed by atoms with Crippen LogP contribution < -0.4 is 0 Å². The minimum atomic E-state index is 0.0785. The fourth-order valence-electron chi connectivity index (χ4n) is 4.18. The molecule has 1 atom stereocenters. The third-order valence-corrected chi connectivity index (χ3v) is 7.15. The molecule has 1 N–H and O–H groups in total. The molecule has 0 amide bonds. The van der Waals surface area contributed by atoms with Gasteiger partial charge in [-0.25, -0.2) is 0 Å². The zero-order valence-corrected chi connectivity index (χ0v) is 19.0. The summed E-state index contributed by atoms with van der Waals surface area (Å²) in [5.74, 6) is 1.41. The van der Waals surface area contributed by atoms with Crippen molar-refractivity contribution >= 4 is 34.7 Å². The molecule has 0 aromatic heterocycles. The van der Waals surface area contributed by atoms with Gasteiger partial charge in [-0.15, -0.1) is 11.8 Å². The molecule has 154 valence electrons. The molecule has 2 aromatic carbocycles. The fraction of sp³-hybridized carbons (Fsp3) is 0.400. The second-order valence-corrected chi connectivity index (χ2v) is 9.30. The first-order valence-electron chi connectivity index (χ1n) is 10.4. The molecule has 29 heavy (non-hydrogen) atoms. The Kier molecular flexibility index (Phi) is 7.48. The van der Waals surface area contributed by atoms with Crippen molar-refractivity contribution in [3.8, 4) is 0 Å². The molecule has 4 heteroatoms. The lowest BCUT2D eigenvalue weighted by molar-refractivity contribution is -0.115. The highest BCUT2D eigenvalue weighted by atomic mass is 35.5. The lowest BCUT2D eigenvalue weighted by Gasteiger charge is -2.26. The van der Waals surface area contributed by atoms with Gasteiger partial charge in [-0.2, -0.15) is 0 Å². The summed E-state index contributed by atoms with van der Waals surface area (Å²) < 4.78 is 0. The van der Waals surface area contributed by atoms with Crippen LogP contribution in [0.15, 0.2) is 47.1 Å². The molecule has 2 nitrogen and oxygen atoms in total. The van der Waals surface area contributed by atoms with E-state index in [-0.39, 0.29) is 17.5 Å². The van der Waals surface area contributed by atoms with Crippen LogP contribution in [0.25, 0.3) is 5.57 Å². The number of aryl methyl sites for hydroxylation is 3. The zero-order chi connectivity index (χ0) is 21.0. The number of benzene rings is 2. The molecular weight excluding hydrogens is 400 g/mol. The van der Waals surface area contributed by atoms with E-state index in [1.807, 2.05) is 24.3 Å². The number of aliphatic hydroxyl groups is 1. The van der Waals surface area contributed by atoms with Gasteiger partial charge < -0.3 is 5.11 Å². The van der Waals surface area contributed by atoms with Gasteiger partial charge in [-0.05, 0) is 66.7 Å².